The van der Waals surface area contributed by atoms with Crippen LogP contribution in [0.1, 0.15) is 50.1 Å². The summed E-state index contributed by atoms with van der Waals surface area (Å²) in [7, 11) is 4.13. The van der Waals surface area contributed by atoms with Crippen molar-refractivity contribution in [3.8, 4) is 0 Å². The highest BCUT2D eigenvalue weighted by atomic mass is 32.1. The predicted molar refractivity (Wildman–Crippen MR) is 77.1 cm³/mol. The van der Waals surface area contributed by atoms with Crippen LogP contribution in [0.3, 0.4) is 0 Å². The number of hydrogen-bond acceptors (Lipinski definition) is 4. The third-order valence-corrected chi connectivity index (χ3v) is 3.96. The van der Waals surface area contributed by atoms with E-state index in [4.69, 9.17) is 4.98 Å². The Labute approximate surface area is 109 Å². The molecule has 0 aromatic carbocycles. The van der Waals surface area contributed by atoms with Crippen LogP contribution in [0, 0.1) is 0 Å². The summed E-state index contributed by atoms with van der Waals surface area (Å²) >= 11 is 1.82. The minimum Gasteiger partial charge on any atom is -0.351 e. The van der Waals surface area contributed by atoms with Crippen molar-refractivity contribution >= 4 is 16.5 Å². The van der Waals surface area contributed by atoms with E-state index in [0.29, 0.717) is 5.92 Å². The second-order valence-electron chi connectivity index (χ2n) is 4.76. The van der Waals surface area contributed by atoms with Gasteiger partial charge in [0, 0.05) is 25.0 Å². The van der Waals surface area contributed by atoms with Crippen LogP contribution in [0.2, 0.25) is 0 Å². The van der Waals surface area contributed by atoms with E-state index >= 15 is 0 Å². The van der Waals surface area contributed by atoms with E-state index in [-0.39, 0.29) is 0 Å². The standard InChI is InChI=1S/C13H25N3S/c1-6-7-8-16(5)13-15-12(10(2)3)11(17-13)9-14-4/h10,14H,6-9H2,1-5H3. The quantitative estimate of drug-likeness (QED) is 0.811. The average molecular weight is 255 g/mol. The maximum Gasteiger partial charge on any atom is 0.185 e. The number of nitrogens with one attached hydrogen (secondary N) is 1. The van der Waals surface area contributed by atoms with E-state index in [0.717, 1.165) is 18.2 Å². The van der Waals surface area contributed by atoms with Crippen molar-refractivity contribution in [3.05, 3.63) is 10.6 Å². The number of rotatable bonds is 7. The molecule has 0 aliphatic heterocycles. The van der Waals surface area contributed by atoms with Crippen molar-refractivity contribution in [2.45, 2.75) is 46.1 Å². The maximum atomic E-state index is 4.79. The zero-order chi connectivity index (χ0) is 12.8. The molecule has 0 aliphatic carbocycles. The Morgan fingerprint density at radius 3 is 2.65 bits per heavy atom. The summed E-state index contributed by atoms with van der Waals surface area (Å²) < 4.78 is 0. The molecule has 0 spiro atoms. The second kappa shape index (κ2) is 6.97. The molecule has 1 aromatic rings. The molecule has 0 fully saturated rings. The molecular formula is C13H25N3S. The zero-order valence-electron chi connectivity index (χ0n) is 11.7. The van der Waals surface area contributed by atoms with Crippen LogP contribution in [-0.2, 0) is 6.54 Å². The first-order valence-corrected chi connectivity index (χ1v) is 7.27. The summed E-state index contributed by atoms with van der Waals surface area (Å²) in [5.41, 5.74) is 1.25. The number of unbranched alkanes of at least 4 members (excludes halogenated alkanes) is 1. The molecular weight excluding hydrogens is 230 g/mol. The van der Waals surface area contributed by atoms with Gasteiger partial charge in [0.15, 0.2) is 5.13 Å². The van der Waals surface area contributed by atoms with Crippen LogP contribution in [0.4, 0.5) is 5.13 Å². The lowest BCUT2D eigenvalue weighted by atomic mass is 10.1. The number of nitrogens with zero attached hydrogens (tertiary/aromatic N) is 2. The van der Waals surface area contributed by atoms with E-state index in [1.807, 2.05) is 18.4 Å². The highest BCUT2D eigenvalue weighted by molar-refractivity contribution is 7.15. The molecule has 1 aromatic heterocycles. The molecule has 3 nitrogen and oxygen atoms in total. The largest absolute Gasteiger partial charge is 0.351 e. The van der Waals surface area contributed by atoms with Gasteiger partial charge < -0.3 is 10.2 Å². The van der Waals surface area contributed by atoms with Crippen LogP contribution in [0.15, 0.2) is 0 Å². The molecule has 17 heavy (non-hydrogen) atoms. The summed E-state index contributed by atoms with van der Waals surface area (Å²) in [5.74, 6) is 0.503. The molecule has 0 saturated carbocycles. The van der Waals surface area contributed by atoms with Gasteiger partial charge in [0.05, 0.1) is 5.69 Å². The smallest absolute Gasteiger partial charge is 0.185 e. The lowest BCUT2D eigenvalue weighted by Crippen LogP contribution is -2.18. The van der Waals surface area contributed by atoms with Gasteiger partial charge in [0.1, 0.15) is 0 Å². The number of thiazole rings is 1. The SMILES string of the molecule is CCCCN(C)c1nc(C(C)C)c(CNC)s1. The van der Waals surface area contributed by atoms with Gasteiger partial charge in [0.25, 0.3) is 0 Å². The summed E-state index contributed by atoms with van der Waals surface area (Å²) in [6.45, 7) is 8.67. The summed E-state index contributed by atoms with van der Waals surface area (Å²) in [4.78, 5) is 8.44. The van der Waals surface area contributed by atoms with E-state index in [9.17, 15) is 0 Å². The Hall–Kier alpha value is -0.610. The highest BCUT2D eigenvalue weighted by Gasteiger charge is 2.15. The molecule has 0 aliphatic rings. The second-order valence-corrected chi connectivity index (χ2v) is 5.83. The maximum absolute atomic E-state index is 4.79. The van der Waals surface area contributed by atoms with Crippen LogP contribution >= 0.6 is 11.3 Å². The van der Waals surface area contributed by atoms with E-state index in [1.54, 1.807) is 0 Å². The molecule has 0 atom stereocenters. The van der Waals surface area contributed by atoms with Crippen molar-refractivity contribution in [1.29, 1.82) is 0 Å². The number of hydrogen-bond donors (Lipinski definition) is 1. The monoisotopic (exact) mass is 255 g/mol. The van der Waals surface area contributed by atoms with Crippen molar-refractivity contribution in [2.24, 2.45) is 0 Å². The van der Waals surface area contributed by atoms with Crippen LogP contribution in [0.5, 0.6) is 0 Å². The minimum atomic E-state index is 0.503. The van der Waals surface area contributed by atoms with Gasteiger partial charge >= 0.3 is 0 Å². The Balaban J connectivity index is 2.82. The molecule has 0 amide bonds. The van der Waals surface area contributed by atoms with Crippen molar-refractivity contribution in [3.63, 3.8) is 0 Å². The fraction of sp³-hybridized carbons (Fsp3) is 0.769. The Bertz CT molecular complexity index is 333. The van der Waals surface area contributed by atoms with Gasteiger partial charge in [-0.3, -0.25) is 0 Å². The van der Waals surface area contributed by atoms with Gasteiger partial charge in [-0.15, -0.1) is 11.3 Å². The Morgan fingerprint density at radius 1 is 1.41 bits per heavy atom. The van der Waals surface area contributed by atoms with E-state index in [1.165, 1.54) is 23.4 Å². The lowest BCUT2D eigenvalue weighted by molar-refractivity contribution is 0.751. The fourth-order valence-electron chi connectivity index (χ4n) is 1.74. The Morgan fingerprint density at radius 2 is 2.12 bits per heavy atom. The highest BCUT2D eigenvalue weighted by Crippen LogP contribution is 2.30. The molecule has 0 bridgehead atoms. The molecule has 0 unspecified atom stereocenters. The van der Waals surface area contributed by atoms with E-state index in [2.05, 4.69) is 38.0 Å². The van der Waals surface area contributed by atoms with Crippen molar-refractivity contribution in [1.82, 2.24) is 10.3 Å². The van der Waals surface area contributed by atoms with Gasteiger partial charge in [-0.05, 0) is 19.4 Å². The summed E-state index contributed by atoms with van der Waals surface area (Å²) in [6.07, 6.45) is 2.46. The molecule has 0 radical (unpaired) electrons. The molecule has 1 N–H and O–H groups in total. The van der Waals surface area contributed by atoms with Gasteiger partial charge in [-0.25, -0.2) is 4.98 Å². The van der Waals surface area contributed by atoms with Crippen LogP contribution in [0.25, 0.3) is 0 Å². The number of anilines is 1. The van der Waals surface area contributed by atoms with Crippen molar-refractivity contribution in [2.75, 3.05) is 25.5 Å². The summed E-state index contributed by atoms with van der Waals surface area (Å²) in [6, 6.07) is 0. The Kier molecular flexibility index (Phi) is 5.92. The fourth-order valence-corrected chi connectivity index (χ4v) is 2.96. The first-order valence-electron chi connectivity index (χ1n) is 6.45. The third kappa shape index (κ3) is 3.96. The third-order valence-electron chi connectivity index (χ3n) is 2.77. The van der Waals surface area contributed by atoms with E-state index < -0.39 is 0 Å². The molecule has 0 saturated heterocycles. The van der Waals surface area contributed by atoms with Gasteiger partial charge in [-0.1, -0.05) is 27.2 Å². The first kappa shape index (κ1) is 14.5. The first-order chi connectivity index (χ1) is 8.10. The van der Waals surface area contributed by atoms with Gasteiger partial charge in [-0.2, -0.15) is 0 Å². The topological polar surface area (TPSA) is 28.2 Å². The lowest BCUT2D eigenvalue weighted by Gasteiger charge is -2.14. The average Bonchev–Trinajstić information content (AvgIpc) is 2.70. The number of aromatic nitrogens is 1. The van der Waals surface area contributed by atoms with Gasteiger partial charge in [0.2, 0.25) is 0 Å². The zero-order valence-corrected chi connectivity index (χ0v) is 12.5. The normalized spacial score (nSPS) is 11.2. The predicted octanol–water partition coefficient (Wildman–Crippen LogP) is 3.22. The van der Waals surface area contributed by atoms with Crippen LogP contribution < -0.4 is 10.2 Å². The summed E-state index contributed by atoms with van der Waals surface area (Å²) in [5, 5.41) is 4.39. The van der Waals surface area contributed by atoms with Crippen LogP contribution in [-0.4, -0.2) is 25.6 Å². The molecule has 1 rings (SSSR count). The molecule has 4 heteroatoms. The minimum absolute atomic E-state index is 0.503. The van der Waals surface area contributed by atoms with Crippen molar-refractivity contribution < 1.29 is 0 Å². The molecule has 98 valence electrons. The molecule has 1 heterocycles.